The van der Waals surface area contributed by atoms with Crippen molar-refractivity contribution in [2.45, 2.75) is 33.1 Å². The molecule has 1 aromatic carbocycles. The maximum absolute atomic E-state index is 9.75. The minimum absolute atomic E-state index is 0. The molecule has 0 heterocycles. The van der Waals surface area contributed by atoms with E-state index in [1.165, 1.54) is 5.56 Å². The van der Waals surface area contributed by atoms with Crippen molar-refractivity contribution in [2.75, 3.05) is 14.2 Å². The van der Waals surface area contributed by atoms with Gasteiger partial charge in [0, 0.05) is 5.92 Å². The molecule has 0 saturated carbocycles. The van der Waals surface area contributed by atoms with Gasteiger partial charge < -0.3 is 14.6 Å². The molecule has 0 bridgehead atoms. The Balaban J connectivity index is 0. The van der Waals surface area contributed by atoms with E-state index in [9.17, 15) is 4.79 Å². The van der Waals surface area contributed by atoms with Gasteiger partial charge in [-0.05, 0) is 69.6 Å². The SMILES string of the molecule is Br.CC#CC#CC#CC(=O)O.COc1cc(C(C)(C)C)cc(Br)c1OC. The molecule has 0 atom stereocenters. The van der Waals surface area contributed by atoms with Gasteiger partial charge >= 0.3 is 5.97 Å². The second-order valence-corrected chi connectivity index (χ2v) is 6.48. The number of benzene rings is 1. The summed E-state index contributed by atoms with van der Waals surface area (Å²) < 4.78 is 11.5. The van der Waals surface area contributed by atoms with Gasteiger partial charge in [-0.15, -0.1) is 17.0 Å². The van der Waals surface area contributed by atoms with Gasteiger partial charge in [0.15, 0.2) is 11.5 Å². The lowest BCUT2D eigenvalue weighted by Gasteiger charge is -2.21. The zero-order valence-corrected chi connectivity index (χ0v) is 18.9. The fourth-order valence-corrected chi connectivity index (χ4v) is 2.16. The highest BCUT2D eigenvalue weighted by atomic mass is 79.9. The van der Waals surface area contributed by atoms with E-state index in [1.807, 2.05) is 12.0 Å². The van der Waals surface area contributed by atoms with Crippen LogP contribution in [0.25, 0.3) is 0 Å². The van der Waals surface area contributed by atoms with Crippen LogP contribution in [0, 0.1) is 35.5 Å². The van der Waals surface area contributed by atoms with Crippen LogP contribution in [0.4, 0.5) is 0 Å². The van der Waals surface area contributed by atoms with Crippen LogP contribution in [0.1, 0.15) is 33.3 Å². The molecule has 4 nitrogen and oxygen atoms in total. The van der Waals surface area contributed by atoms with Crippen molar-refractivity contribution in [2.24, 2.45) is 0 Å². The van der Waals surface area contributed by atoms with E-state index in [0.29, 0.717) is 0 Å². The average Bonchev–Trinajstić information content (AvgIpc) is 2.53. The van der Waals surface area contributed by atoms with Gasteiger partial charge in [-0.1, -0.05) is 26.7 Å². The van der Waals surface area contributed by atoms with Crippen LogP contribution in [0.15, 0.2) is 16.6 Å². The fraction of sp³-hybridized carbons (Fsp3) is 0.350. The van der Waals surface area contributed by atoms with E-state index in [1.54, 1.807) is 21.1 Å². The van der Waals surface area contributed by atoms with Crippen LogP contribution in [-0.4, -0.2) is 25.3 Å². The third-order valence-electron chi connectivity index (χ3n) is 2.78. The van der Waals surface area contributed by atoms with Gasteiger partial charge in [-0.2, -0.15) is 0 Å². The Morgan fingerprint density at radius 3 is 2.08 bits per heavy atom. The van der Waals surface area contributed by atoms with Crippen molar-refractivity contribution < 1.29 is 19.4 Å². The fourth-order valence-electron chi connectivity index (χ4n) is 1.56. The van der Waals surface area contributed by atoms with Crippen molar-refractivity contribution in [1.29, 1.82) is 0 Å². The summed E-state index contributed by atoms with van der Waals surface area (Å²) in [5.41, 5.74) is 1.31. The second kappa shape index (κ2) is 13.2. The third kappa shape index (κ3) is 10.0. The first-order valence-corrected chi connectivity index (χ1v) is 8.04. The molecule has 0 radical (unpaired) electrons. The monoisotopic (exact) mass is 484 g/mol. The maximum atomic E-state index is 9.75. The van der Waals surface area contributed by atoms with E-state index in [-0.39, 0.29) is 22.4 Å². The number of halogens is 2. The number of hydrogen-bond acceptors (Lipinski definition) is 3. The van der Waals surface area contributed by atoms with Crippen LogP contribution in [0.3, 0.4) is 0 Å². The zero-order chi connectivity index (χ0) is 19.5. The van der Waals surface area contributed by atoms with Crippen LogP contribution in [0.5, 0.6) is 11.5 Å². The summed E-state index contributed by atoms with van der Waals surface area (Å²) >= 11 is 3.49. The molecule has 0 saturated heterocycles. The highest BCUT2D eigenvalue weighted by molar-refractivity contribution is 9.10. The highest BCUT2D eigenvalue weighted by Crippen LogP contribution is 2.39. The highest BCUT2D eigenvalue weighted by Gasteiger charge is 2.18. The smallest absolute Gasteiger partial charge is 0.382 e. The molecule has 0 aliphatic carbocycles. The molecule has 0 unspecified atom stereocenters. The Morgan fingerprint density at radius 1 is 1.08 bits per heavy atom. The molecule has 0 fully saturated rings. The van der Waals surface area contributed by atoms with E-state index in [4.69, 9.17) is 14.6 Å². The van der Waals surface area contributed by atoms with E-state index < -0.39 is 5.97 Å². The summed E-state index contributed by atoms with van der Waals surface area (Å²) in [7, 11) is 3.29. The van der Waals surface area contributed by atoms with E-state index >= 15 is 0 Å². The van der Waals surface area contributed by atoms with Crippen molar-refractivity contribution >= 4 is 38.9 Å². The first kappa shape index (κ1) is 26.2. The Morgan fingerprint density at radius 2 is 1.65 bits per heavy atom. The van der Waals surface area contributed by atoms with Crippen molar-refractivity contribution in [3.05, 3.63) is 22.2 Å². The third-order valence-corrected chi connectivity index (χ3v) is 3.37. The predicted molar refractivity (Wildman–Crippen MR) is 113 cm³/mol. The molecule has 140 valence electrons. The number of carboxylic acids is 1. The standard InChI is InChI=1S/C12H17BrO2.C8H4O2.BrH/c1-12(2,3)8-6-9(13)11(15-5)10(7-8)14-4;1-2-3-4-5-6-7-8(9)10;/h6-7H,1-5H3;1H3,(H,9,10);1H. The number of carboxylic acid groups (broad SMARTS) is 1. The van der Waals surface area contributed by atoms with E-state index in [2.05, 4.69) is 72.4 Å². The second-order valence-electron chi connectivity index (χ2n) is 5.62. The molecule has 1 aromatic rings. The lowest BCUT2D eigenvalue weighted by Crippen LogP contribution is -2.11. The lowest BCUT2D eigenvalue weighted by atomic mass is 9.87. The molecular formula is C20H22Br2O4. The van der Waals surface area contributed by atoms with Gasteiger partial charge in [0.2, 0.25) is 0 Å². The molecule has 0 aromatic heterocycles. The maximum Gasteiger partial charge on any atom is 0.382 e. The van der Waals surface area contributed by atoms with Crippen molar-refractivity contribution in [1.82, 2.24) is 0 Å². The quantitative estimate of drug-likeness (QED) is 0.629. The molecule has 1 N–H and O–H groups in total. The van der Waals surface area contributed by atoms with Gasteiger partial charge in [0.25, 0.3) is 0 Å². The van der Waals surface area contributed by atoms with Crippen molar-refractivity contribution in [3.8, 4) is 47.0 Å². The largest absolute Gasteiger partial charge is 0.493 e. The van der Waals surface area contributed by atoms with Crippen LogP contribution in [-0.2, 0) is 10.2 Å². The minimum Gasteiger partial charge on any atom is -0.493 e. The molecule has 0 amide bonds. The Bertz CT molecular complexity index is 789. The topological polar surface area (TPSA) is 55.8 Å². The Kier molecular flexibility index (Phi) is 13.3. The van der Waals surface area contributed by atoms with Crippen LogP contribution >= 0.6 is 32.9 Å². The summed E-state index contributed by atoms with van der Waals surface area (Å²) in [6.07, 6.45) is 0. The van der Waals surface area contributed by atoms with Crippen LogP contribution < -0.4 is 9.47 Å². The molecular weight excluding hydrogens is 464 g/mol. The summed E-state index contributed by atoms with van der Waals surface area (Å²) in [5.74, 6) is 13.8. The first-order valence-electron chi connectivity index (χ1n) is 7.25. The molecule has 0 spiro atoms. The number of hydrogen-bond donors (Lipinski definition) is 1. The summed E-state index contributed by atoms with van der Waals surface area (Å²) in [5, 5.41) is 7.99. The number of aliphatic carboxylic acids is 1. The van der Waals surface area contributed by atoms with Crippen molar-refractivity contribution in [3.63, 3.8) is 0 Å². The first-order chi connectivity index (χ1) is 11.7. The lowest BCUT2D eigenvalue weighted by molar-refractivity contribution is -0.130. The number of rotatable bonds is 2. The minimum atomic E-state index is -1.18. The number of ether oxygens (including phenoxy) is 2. The molecule has 0 aliphatic rings. The molecule has 6 heteroatoms. The van der Waals surface area contributed by atoms with Gasteiger partial charge in [-0.3, -0.25) is 0 Å². The molecule has 1 rings (SSSR count). The van der Waals surface area contributed by atoms with E-state index in [0.717, 1.165) is 16.0 Å². The predicted octanol–water partition coefficient (Wildman–Crippen LogP) is 4.44. The Labute approximate surface area is 174 Å². The zero-order valence-electron chi connectivity index (χ0n) is 15.6. The van der Waals surface area contributed by atoms with Gasteiger partial charge in [0.05, 0.1) is 18.7 Å². The van der Waals surface area contributed by atoms with Gasteiger partial charge in [-0.25, -0.2) is 4.79 Å². The number of carbonyl (C=O) groups is 1. The molecule has 26 heavy (non-hydrogen) atoms. The Hall–Kier alpha value is -2.07. The van der Waals surface area contributed by atoms with Gasteiger partial charge in [0.1, 0.15) is 0 Å². The van der Waals surface area contributed by atoms with Crippen LogP contribution in [0.2, 0.25) is 0 Å². The molecule has 0 aliphatic heterocycles. The number of methoxy groups -OCH3 is 2. The summed E-state index contributed by atoms with van der Waals surface area (Å²) in [4.78, 5) is 9.75. The normalized spacial score (nSPS) is 8.42. The average molecular weight is 486 g/mol. The summed E-state index contributed by atoms with van der Waals surface area (Å²) in [6, 6.07) is 4.09. The summed E-state index contributed by atoms with van der Waals surface area (Å²) in [6.45, 7) is 8.14.